The Balaban J connectivity index is 0.735. The number of hydrogen-bond acceptors (Lipinski definition) is 9. The Kier molecular flexibility index (Phi) is 14.3. The zero-order valence-electron chi connectivity index (χ0n) is 40.3. The van der Waals surface area contributed by atoms with Crippen molar-refractivity contribution < 1.29 is 37.1 Å². The largest absolute Gasteiger partial charge is 0.496 e. The number of nitrogens with zero attached hydrogens (tertiary/aromatic N) is 5. The van der Waals surface area contributed by atoms with Crippen molar-refractivity contribution in [3.05, 3.63) is 81.6 Å². The number of fused-ring (bicyclic) bond motifs is 1. The first-order valence-corrected chi connectivity index (χ1v) is 25.4. The van der Waals surface area contributed by atoms with Crippen LogP contribution in [-0.2, 0) is 15.8 Å². The summed E-state index contributed by atoms with van der Waals surface area (Å²) in [5, 5.41) is 6.76. The van der Waals surface area contributed by atoms with Crippen molar-refractivity contribution in [1.29, 1.82) is 0 Å². The predicted molar refractivity (Wildman–Crippen MR) is 264 cm³/mol. The lowest BCUT2D eigenvalue weighted by atomic mass is 9.64. The van der Waals surface area contributed by atoms with E-state index in [9.17, 15) is 32.3 Å². The van der Waals surface area contributed by atoms with Gasteiger partial charge in [0.15, 0.2) is 0 Å². The zero-order chi connectivity index (χ0) is 49.5. The van der Waals surface area contributed by atoms with Crippen LogP contribution in [0.2, 0.25) is 5.02 Å². The number of amides is 5. The molecule has 4 aromatic rings. The summed E-state index contributed by atoms with van der Waals surface area (Å²) in [6.07, 6.45) is 8.92. The molecule has 5 amide bonds. The molecule has 4 heterocycles. The van der Waals surface area contributed by atoms with Gasteiger partial charge in [0.05, 0.1) is 34.9 Å². The summed E-state index contributed by atoms with van der Waals surface area (Å²) in [6.45, 7) is 6.79. The molecule has 2 aliphatic carbocycles. The number of likely N-dealkylation sites (tertiary alicyclic amines) is 2. The molecular formula is C53H64ClF3N8O5. The molecule has 374 valence electrons. The summed E-state index contributed by atoms with van der Waals surface area (Å²) in [5.41, 5.74) is 8.38. The second-order valence-corrected chi connectivity index (χ2v) is 21.1. The number of piperidine rings is 2. The number of imide groups is 1. The molecule has 3 saturated heterocycles. The number of alkyl halides is 3. The van der Waals surface area contributed by atoms with Crippen LogP contribution in [0, 0.1) is 30.1 Å². The van der Waals surface area contributed by atoms with Crippen molar-refractivity contribution in [2.45, 2.75) is 122 Å². The quantitative estimate of drug-likeness (QED) is 0.131. The predicted octanol–water partition coefficient (Wildman–Crippen LogP) is 10.8. The SMILES string of the molecule is COc1cc2nc(C)nc(N[C@H](C)c3cc(N)cc(C(F)(F)F)c3)c2cc1[C@H]1CC[C@H](C(=O)N2CCC(CC3CCC4(CC3)CCN(C(=O)c3ccc(Cl)c(N5CCC(=O)NC5=O)c3)CC4)CC2)CC1. The normalized spacial score (nSPS) is 22.0. The number of methoxy groups -OCH3 is 1. The van der Waals surface area contributed by atoms with Gasteiger partial charge in [-0.05, 0) is 174 Å². The number of hydrogen-bond donors (Lipinski definition) is 3. The number of carbonyl (C=O) groups excluding carboxylic acids is 4. The average Bonchev–Trinajstić information content (AvgIpc) is 3.34. The molecule has 1 aromatic heterocycles. The zero-order valence-corrected chi connectivity index (χ0v) is 41.1. The molecule has 2 saturated carbocycles. The Bertz CT molecular complexity index is 2630. The van der Waals surface area contributed by atoms with Crippen molar-refractivity contribution in [2.24, 2.45) is 23.2 Å². The molecule has 13 nitrogen and oxygen atoms in total. The van der Waals surface area contributed by atoms with Crippen LogP contribution >= 0.6 is 11.6 Å². The number of nitrogens with two attached hydrogens (primary N) is 1. The van der Waals surface area contributed by atoms with E-state index in [0.29, 0.717) is 63.9 Å². The number of aromatic nitrogens is 2. The van der Waals surface area contributed by atoms with Gasteiger partial charge >= 0.3 is 12.2 Å². The van der Waals surface area contributed by atoms with Crippen LogP contribution in [0.5, 0.6) is 5.75 Å². The molecule has 4 N–H and O–H groups in total. The maximum Gasteiger partial charge on any atom is 0.416 e. The van der Waals surface area contributed by atoms with Gasteiger partial charge in [-0.3, -0.25) is 24.6 Å². The van der Waals surface area contributed by atoms with Gasteiger partial charge in [0.25, 0.3) is 5.91 Å². The van der Waals surface area contributed by atoms with Gasteiger partial charge in [0.2, 0.25) is 11.8 Å². The fraction of sp³-hybridized carbons (Fsp3) is 0.547. The molecule has 3 aliphatic heterocycles. The third kappa shape index (κ3) is 10.7. The lowest BCUT2D eigenvalue weighted by Gasteiger charge is -2.46. The maximum atomic E-state index is 14.0. The van der Waals surface area contributed by atoms with E-state index in [1.54, 1.807) is 45.2 Å². The number of benzene rings is 3. The highest BCUT2D eigenvalue weighted by Crippen LogP contribution is 2.49. The van der Waals surface area contributed by atoms with Gasteiger partial charge in [0.1, 0.15) is 17.4 Å². The van der Waals surface area contributed by atoms with E-state index in [2.05, 4.69) is 25.5 Å². The first-order chi connectivity index (χ1) is 33.5. The molecule has 5 fully saturated rings. The van der Waals surface area contributed by atoms with E-state index in [1.807, 2.05) is 17.0 Å². The van der Waals surface area contributed by atoms with Gasteiger partial charge in [-0.1, -0.05) is 11.6 Å². The molecule has 1 spiro atoms. The molecule has 0 radical (unpaired) electrons. The molecule has 17 heteroatoms. The van der Waals surface area contributed by atoms with E-state index < -0.39 is 23.8 Å². The highest BCUT2D eigenvalue weighted by molar-refractivity contribution is 6.34. The number of ether oxygens (including phenoxy) is 1. The van der Waals surface area contributed by atoms with E-state index in [1.165, 1.54) is 37.0 Å². The van der Waals surface area contributed by atoms with Crippen LogP contribution in [0.25, 0.3) is 10.9 Å². The number of carbonyl (C=O) groups is 4. The summed E-state index contributed by atoms with van der Waals surface area (Å²) in [6, 6.07) is 11.5. The van der Waals surface area contributed by atoms with E-state index in [-0.39, 0.29) is 53.6 Å². The smallest absolute Gasteiger partial charge is 0.416 e. The fourth-order valence-corrected chi connectivity index (χ4v) is 12.3. The topological polar surface area (TPSA) is 163 Å². The fourth-order valence-electron chi connectivity index (χ4n) is 12.1. The van der Waals surface area contributed by atoms with Crippen molar-refractivity contribution in [3.8, 4) is 5.75 Å². The number of nitrogens with one attached hydrogen (secondary N) is 2. The Hall–Kier alpha value is -5.64. The Labute approximate surface area is 412 Å². The van der Waals surface area contributed by atoms with E-state index in [0.717, 1.165) is 93.3 Å². The minimum atomic E-state index is -4.53. The minimum Gasteiger partial charge on any atom is -0.496 e. The average molecular weight is 986 g/mol. The van der Waals surface area contributed by atoms with Crippen molar-refractivity contribution >= 4 is 63.4 Å². The van der Waals surface area contributed by atoms with Crippen LogP contribution in [-0.4, -0.2) is 83.4 Å². The number of urea groups is 1. The van der Waals surface area contributed by atoms with E-state index >= 15 is 0 Å². The molecule has 5 aliphatic rings. The minimum absolute atomic E-state index is 0.0149. The van der Waals surface area contributed by atoms with Crippen LogP contribution in [0.3, 0.4) is 0 Å². The van der Waals surface area contributed by atoms with Gasteiger partial charge in [-0.2, -0.15) is 13.2 Å². The summed E-state index contributed by atoms with van der Waals surface area (Å²) in [5.74, 6) is 3.08. The number of rotatable bonds is 10. The Morgan fingerprint density at radius 2 is 1.59 bits per heavy atom. The monoisotopic (exact) mass is 984 g/mol. The van der Waals surface area contributed by atoms with Gasteiger partial charge in [0, 0.05) is 67.8 Å². The van der Waals surface area contributed by atoms with Gasteiger partial charge in [-0.15, -0.1) is 0 Å². The second-order valence-electron chi connectivity index (χ2n) is 20.7. The maximum absolute atomic E-state index is 14.0. The molecule has 3 aromatic carbocycles. The highest BCUT2D eigenvalue weighted by Gasteiger charge is 2.41. The number of nitrogen functional groups attached to an aromatic ring is 1. The van der Waals surface area contributed by atoms with Crippen LogP contribution in [0.15, 0.2) is 48.5 Å². The number of anilines is 3. The molecule has 0 unspecified atom stereocenters. The molecule has 0 bridgehead atoms. The summed E-state index contributed by atoms with van der Waals surface area (Å²) in [7, 11) is 1.64. The molecule has 70 heavy (non-hydrogen) atoms. The number of halogens is 4. The van der Waals surface area contributed by atoms with Crippen LogP contribution < -0.4 is 26.0 Å². The summed E-state index contributed by atoms with van der Waals surface area (Å²) < 4.78 is 46.8. The standard InChI is InChI=1S/C53H64ClF3N8O5/c1-31(38-25-39(53(55,56)57)28-40(58)26-38)59-48-42-29-41(46(70-3)30-44(42)60-32(2)61-48)35-4-6-36(7-5-35)49(67)63-19-12-34(13-20-63)24-33-10-15-52(16-11-33)17-22-64(23-18-52)50(68)37-8-9-43(54)45(27-37)65-21-14-47(66)62-51(65)69/h8-9,25-31,33-36H,4-7,10-24,58H2,1-3H3,(H,59,60,61)(H,62,66,69)/t31-,35-,36-/m1/s1. The lowest BCUT2D eigenvalue weighted by Crippen LogP contribution is -2.49. The molecule has 1 atom stereocenters. The van der Waals surface area contributed by atoms with Crippen LogP contribution in [0.1, 0.15) is 142 Å². The summed E-state index contributed by atoms with van der Waals surface area (Å²) >= 11 is 6.44. The Morgan fingerprint density at radius 1 is 0.886 bits per heavy atom. The van der Waals surface area contributed by atoms with Gasteiger partial charge < -0.3 is 25.6 Å². The first-order valence-electron chi connectivity index (χ1n) is 25.1. The highest BCUT2D eigenvalue weighted by atomic mass is 35.5. The lowest BCUT2D eigenvalue weighted by molar-refractivity contribution is -0.138. The first kappa shape index (κ1) is 49.3. The summed E-state index contributed by atoms with van der Waals surface area (Å²) in [4.78, 5) is 66.6. The third-order valence-corrected chi connectivity index (χ3v) is 16.6. The Morgan fingerprint density at radius 3 is 2.26 bits per heavy atom. The number of aryl methyl sites for hydroxylation is 1. The second kappa shape index (κ2) is 20.2. The van der Waals surface area contributed by atoms with Crippen molar-refractivity contribution in [3.63, 3.8) is 0 Å². The van der Waals surface area contributed by atoms with Crippen LogP contribution in [0.4, 0.5) is 35.2 Å². The van der Waals surface area contributed by atoms with E-state index in [4.69, 9.17) is 22.1 Å². The van der Waals surface area contributed by atoms with Gasteiger partial charge in [-0.25, -0.2) is 14.8 Å². The van der Waals surface area contributed by atoms with Crippen molar-refractivity contribution in [2.75, 3.05) is 55.8 Å². The molecular weight excluding hydrogens is 921 g/mol. The molecule has 9 rings (SSSR count). The van der Waals surface area contributed by atoms with Crippen molar-refractivity contribution in [1.82, 2.24) is 25.1 Å². The third-order valence-electron chi connectivity index (χ3n) is 16.2.